The van der Waals surface area contributed by atoms with Crippen LogP contribution in [0.5, 0.6) is 5.75 Å². The highest BCUT2D eigenvalue weighted by Gasteiger charge is 2.05. The molecule has 78 valence electrons. The fraction of sp³-hybridized carbons (Fsp3) is 0.500. The van der Waals surface area contributed by atoms with Gasteiger partial charge in [-0.1, -0.05) is 32.0 Å². The number of hydrogen-bond acceptors (Lipinski definition) is 2. The molecule has 1 N–H and O–H groups in total. The van der Waals surface area contributed by atoms with Gasteiger partial charge in [0.05, 0.1) is 7.11 Å². The second-order valence-electron chi connectivity index (χ2n) is 3.80. The summed E-state index contributed by atoms with van der Waals surface area (Å²) in [5.41, 5.74) is 2.41. The van der Waals surface area contributed by atoms with Gasteiger partial charge < -0.3 is 10.1 Å². The lowest BCUT2D eigenvalue weighted by Gasteiger charge is -2.13. The van der Waals surface area contributed by atoms with E-state index in [0.717, 1.165) is 12.3 Å². The van der Waals surface area contributed by atoms with Crippen molar-refractivity contribution in [2.24, 2.45) is 0 Å². The Morgan fingerprint density at radius 3 is 2.64 bits per heavy atom. The summed E-state index contributed by atoms with van der Waals surface area (Å²) in [6.07, 6.45) is 0. The van der Waals surface area contributed by atoms with Gasteiger partial charge in [0.25, 0.3) is 0 Å². The molecule has 0 aromatic heterocycles. The lowest BCUT2D eigenvalue weighted by Crippen LogP contribution is -2.22. The van der Waals surface area contributed by atoms with E-state index in [1.165, 1.54) is 11.1 Å². The van der Waals surface area contributed by atoms with Gasteiger partial charge in [-0.2, -0.15) is 0 Å². The molecule has 1 rings (SSSR count). The number of nitrogens with one attached hydrogen (secondary N) is 1. The maximum atomic E-state index is 5.37. The SMILES string of the molecule is COc1c(C)cccc1CNC(C)C. The highest BCUT2D eigenvalue weighted by atomic mass is 16.5. The van der Waals surface area contributed by atoms with Gasteiger partial charge >= 0.3 is 0 Å². The summed E-state index contributed by atoms with van der Waals surface area (Å²) >= 11 is 0. The Morgan fingerprint density at radius 1 is 1.36 bits per heavy atom. The molecule has 14 heavy (non-hydrogen) atoms. The van der Waals surface area contributed by atoms with Gasteiger partial charge in [0.15, 0.2) is 0 Å². The first-order chi connectivity index (χ1) is 6.65. The lowest BCUT2D eigenvalue weighted by atomic mass is 10.1. The standard InChI is InChI=1S/C12H19NO/c1-9(2)13-8-11-7-5-6-10(3)12(11)14-4/h5-7,9,13H,8H2,1-4H3. The minimum atomic E-state index is 0.500. The zero-order valence-corrected chi connectivity index (χ0v) is 9.42. The van der Waals surface area contributed by atoms with Gasteiger partial charge in [0, 0.05) is 18.2 Å². The monoisotopic (exact) mass is 193 g/mol. The number of rotatable bonds is 4. The van der Waals surface area contributed by atoms with Crippen molar-refractivity contribution in [1.29, 1.82) is 0 Å². The van der Waals surface area contributed by atoms with Crippen molar-refractivity contribution >= 4 is 0 Å². The Kier molecular flexibility index (Phi) is 3.96. The van der Waals surface area contributed by atoms with Gasteiger partial charge in [0.2, 0.25) is 0 Å². The highest BCUT2D eigenvalue weighted by molar-refractivity contribution is 5.40. The molecular formula is C12H19NO. The molecule has 0 aliphatic rings. The van der Waals surface area contributed by atoms with Crippen molar-refractivity contribution in [2.75, 3.05) is 7.11 Å². The summed E-state index contributed by atoms with van der Waals surface area (Å²) in [7, 11) is 1.72. The van der Waals surface area contributed by atoms with Crippen LogP contribution in [0.25, 0.3) is 0 Å². The predicted octanol–water partition coefficient (Wildman–Crippen LogP) is 2.50. The smallest absolute Gasteiger partial charge is 0.126 e. The van der Waals surface area contributed by atoms with E-state index in [1.807, 2.05) is 0 Å². The summed E-state index contributed by atoms with van der Waals surface area (Å²) in [5, 5.41) is 3.38. The van der Waals surface area contributed by atoms with Crippen molar-refractivity contribution in [3.8, 4) is 5.75 Å². The first-order valence-corrected chi connectivity index (χ1v) is 5.01. The molecule has 0 bridgehead atoms. The van der Waals surface area contributed by atoms with E-state index in [2.05, 4.69) is 44.3 Å². The fourth-order valence-electron chi connectivity index (χ4n) is 1.46. The zero-order valence-electron chi connectivity index (χ0n) is 9.42. The summed E-state index contributed by atoms with van der Waals surface area (Å²) in [4.78, 5) is 0. The van der Waals surface area contributed by atoms with Gasteiger partial charge in [-0.25, -0.2) is 0 Å². The molecule has 0 atom stereocenters. The Labute approximate surface area is 86.3 Å². The van der Waals surface area contributed by atoms with Crippen LogP contribution in [0.15, 0.2) is 18.2 Å². The first kappa shape index (κ1) is 11.1. The molecule has 0 radical (unpaired) electrons. The molecule has 1 aromatic rings. The summed E-state index contributed by atoms with van der Waals surface area (Å²) in [6, 6.07) is 6.73. The van der Waals surface area contributed by atoms with Crippen LogP contribution in [0.3, 0.4) is 0 Å². The van der Waals surface area contributed by atoms with Gasteiger partial charge in [0.1, 0.15) is 5.75 Å². The van der Waals surface area contributed by atoms with E-state index < -0.39 is 0 Å². The van der Waals surface area contributed by atoms with E-state index >= 15 is 0 Å². The Bertz CT molecular complexity index is 294. The van der Waals surface area contributed by atoms with Crippen molar-refractivity contribution in [3.63, 3.8) is 0 Å². The molecule has 2 nitrogen and oxygen atoms in total. The highest BCUT2D eigenvalue weighted by Crippen LogP contribution is 2.22. The molecule has 0 saturated carbocycles. The molecule has 0 heterocycles. The lowest BCUT2D eigenvalue weighted by molar-refractivity contribution is 0.403. The van der Waals surface area contributed by atoms with E-state index in [-0.39, 0.29) is 0 Å². The van der Waals surface area contributed by atoms with Crippen molar-refractivity contribution < 1.29 is 4.74 Å². The number of methoxy groups -OCH3 is 1. The maximum Gasteiger partial charge on any atom is 0.126 e. The summed E-state index contributed by atoms with van der Waals surface area (Å²) < 4.78 is 5.37. The van der Waals surface area contributed by atoms with Crippen LogP contribution in [0, 0.1) is 6.92 Å². The molecule has 0 aliphatic heterocycles. The van der Waals surface area contributed by atoms with Gasteiger partial charge in [-0.3, -0.25) is 0 Å². The Balaban J connectivity index is 2.80. The molecule has 0 spiro atoms. The Hall–Kier alpha value is -1.02. The van der Waals surface area contributed by atoms with Crippen molar-refractivity contribution in [2.45, 2.75) is 33.4 Å². The van der Waals surface area contributed by atoms with E-state index in [1.54, 1.807) is 7.11 Å². The minimum Gasteiger partial charge on any atom is -0.496 e. The third-order valence-electron chi connectivity index (χ3n) is 2.20. The topological polar surface area (TPSA) is 21.3 Å². The molecule has 1 aromatic carbocycles. The van der Waals surface area contributed by atoms with Crippen LogP contribution in [-0.2, 0) is 6.54 Å². The van der Waals surface area contributed by atoms with Gasteiger partial charge in [-0.05, 0) is 12.5 Å². The van der Waals surface area contributed by atoms with Crippen molar-refractivity contribution in [3.05, 3.63) is 29.3 Å². The van der Waals surface area contributed by atoms with Crippen LogP contribution in [0.1, 0.15) is 25.0 Å². The van der Waals surface area contributed by atoms with Crippen LogP contribution in [-0.4, -0.2) is 13.2 Å². The van der Waals surface area contributed by atoms with Crippen molar-refractivity contribution in [1.82, 2.24) is 5.32 Å². The second-order valence-corrected chi connectivity index (χ2v) is 3.80. The average molecular weight is 193 g/mol. The molecule has 0 fully saturated rings. The number of hydrogen-bond donors (Lipinski definition) is 1. The third-order valence-corrected chi connectivity index (χ3v) is 2.20. The summed E-state index contributed by atoms with van der Waals surface area (Å²) in [6.45, 7) is 7.21. The molecule has 0 saturated heterocycles. The second kappa shape index (κ2) is 5.01. The van der Waals surface area contributed by atoms with Crippen LogP contribution in [0.4, 0.5) is 0 Å². The Morgan fingerprint density at radius 2 is 2.07 bits per heavy atom. The average Bonchev–Trinajstić information content (AvgIpc) is 2.14. The first-order valence-electron chi connectivity index (χ1n) is 5.01. The van der Waals surface area contributed by atoms with Crippen LogP contribution < -0.4 is 10.1 Å². The number of ether oxygens (including phenoxy) is 1. The van der Waals surface area contributed by atoms with Crippen LogP contribution >= 0.6 is 0 Å². The number of benzene rings is 1. The van der Waals surface area contributed by atoms with E-state index in [9.17, 15) is 0 Å². The number of para-hydroxylation sites is 1. The quantitative estimate of drug-likeness (QED) is 0.793. The van der Waals surface area contributed by atoms with Crippen LogP contribution in [0.2, 0.25) is 0 Å². The third kappa shape index (κ3) is 2.74. The van der Waals surface area contributed by atoms with E-state index in [0.29, 0.717) is 6.04 Å². The maximum absolute atomic E-state index is 5.37. The molecular weight excluding hydrogens is 174 g/mol. The zero-order chi connectivity index (χ0) is 10.6. The minimum absolute atomic E-state index is 0.500. The predicted molar refractivity (Wildman–Crippen MR) is 59.7 cm³/mol. The van der Waals surface area contributed by atoms with E-state index in [4.69, 9.17) is 4.74 Å². The summed E-state index contributed by atoms with van der Waals surface area (Å²) in [5.74, 6) is 1.00. The largest absolute Gasteiger partial charge is 0.496 e. The normalized spacial score (nSPS) is 10.6. The molecule has 0 aliphatic carbocycles. The molecule has 0 unspecified atom stereocenters. The van der Waals surface area contributed by atoms with Gasteiger partial charge in [-0.15, -0.1) is 0 Å². The fourth-order valence-corrected chi connectivity index (χ4v) is 1.46. The number of aryl methyl sites for hydroxylation is 1. The molecule has 2 heteroatoms. The molecule has 0 amide bonds.